The van der Waals surface area contributed by atoms with Gasteiger partial charge >= 0.3 is 0 Å². The Labute approximate surface area is 158 Å². The first-order valence-electron chi connectivity index (χ1n) is 8.68. The second-order valence-corrected chi connectivity index (χ2v) is 6.54. The van der Waals surface area contributed by atoms with E-state index in [0.29, 0.717) is 41.0 Å². The summed E-state index contributed by atoms with van der Waals surface area (Å²) in [7, 11) is 0. The summed E-state index contributed by atoms with van der Waals surface area (Å²) >= 11 is 0. The molecule has 28 heavy (non-hydrogen) atoms. The third kappa shape index (κ3) is 2.75. The second-order valence-electron chi connectivity index (χ2n) is 6.54. The summed E-state index contributed by atoms with van der Waals surface area (Å²) in [5.41, 5.74) is 2.46. The molecular weight excluding hydrogens is 362 g/mol. The van der Waals surface area contributed by atoms with E-state index in [1.54, 1.807) is 23.3 Å². The van der Waals surface area contributed by atoms with Crippen LogP contribution in [0.5, 0.6) is 0 Å². The van der Waals surface area contributed by atoms with Gasteiger partial charge in [0, 0.05) is 0 Å². The van der Waals surface area contributed by atoms with E-state index in [9.17, 15) is 0 Å². The molecule has 0 aliphatic carbocycles. The minimum atomic E-state index is 0.133. The maximum Gasteiger partial charge on any atom is 0.259 e. The lowest BCUT2D eigenvalue weighted by Gasteiger charge is -2.04. The van der Waals surface area contributed by atoms with Crippen molar-refractivity contribution in [3.05, 3.63) is 48.6 Å². The molecule has 0 radical (unpaired) electrons. The van der Waals surface area contributed by atoms with Crippen LogP contribution in [-0.2, 0) is 6.54 Å². The highest BCUT2D eigenvalue weighted by molar-refractivity contribution is 5.93. The van der Waals surface area contributed by atoms with E-state index in [0.717, 1.165) is 11.1 Å². The molecule has 0 saturated carbocycles. The zero-order valence-corrected chi connectivity index (χ0v) is 15.1. The molecule has 0 fully saturated rings. The molecule has 140 valence electrons. The molecule has 5 aromatic heterocycles. The lowest BCUT2D eigenvalue weighted by Crippen LogP contribution is -2.01. The fourth-order valence-electron chi connectivity index (χ4n) is 2.97. The Morgan fingerprint density at radius 2 is 2.07 bits per heavy atom. The molecule has 10 nitrogen and oxygen atoms in total. The van der Waals surface area contributed by atoms with Crippen molar-refractivity contribution in [1.29, 1.82) is 0 Å². The number of fused-ring (bicyclic) bond motifs is 1. The van der Waals surface area contributed by atoms with E-state index in [4.69, 9.17) is 13.5 Å². The van der Waals surface area contributed by atoms with Crippen molar-refractivity contribution in [2.45, 2.75) is 26.3 Å². The smallest absolute Gasteiger partial charge is 0.259 e. The number of hydrogen-bond donors (Lipinski definition) is 0. The Balaban J connectivity index is 1.66. The molecule has 0 N–H and O–H groups in total. The highest BCUT2D eigenvalue weighted by Gasteiger charge is 2.23. The molecule has 0 unspecified atom stereocenters. The standard InChI is InChI=1S/C18H15N7O3/c1-10(2)16-15-11(17-22-14(23-27-17)7-25-9-19-8-20-25)6-12(13-4-3-5-26-13)21-18(15)28-24-16/h3-6,8-10H,7H2,1-2H3. The maximum absolute atomic E-state index is 5.53. The Morgan fingerprint density at radius 3 is 2.82 bits per heavy atom. The molecule has 0 saturated heterocycles. The topological polar surface area (TPSA) is 122 Å². The van der Waals surface area contributed by atoms with Crippen molar-refractivity contribution in [2.75, 3.05) is 0 Å². The van der Waals surface area contributed by atoms with E-state index in [1.807, 2.05) is 26.0 Å². The highest BCUT2D eigenvalue weighted by Crippen LogP contribution is 2.35. The molecule has 0 aliphatic heterocycles. The van der Waals surface area contributed by atoms with Gasteiger partial charge in [0.05, 0.1) is 22.9 Å². The number of rotatable bonds is 5. The summed E-state index contributed by atoms with van der Waals surface area (Å²) < 4.78 is 18.1. The summed E-state index contributed by atoms with van der Waals surface area (Å²) in [6, 6.07) is 5.46. The summed E-state index contributed by atoms with van der Waals surface area (Å²) in [4.78, 5) is 13.0. The zero-order chi connectivity index (χ0) is 19.1. The normalized spacial score (nSPS) is 11.7. The van der Waals surface area contributed by atoms with Crippen LogP contribution in [0.4, 0.5) is 0 Å². The van der Waals surface area contributed by atoms with Gasteiger partial charge in [0.2, 0.25) is 0 Å². The van der Waals surface area contributed by atoms with Crippen LogP contribution in [0.25, 0.3) is 34.0 Å². The Bertz CT molecular complexity index is 1220. The van der Waals surface area contributed by atoms with Crippen molar-refractivity contribution in [3.8, 4) is 22.9 Å². The first kappa shape index (κ1) is 16.4. The SMILES string of the molecule is CC(C)c1noc2nc(-c3ccco3)cc(-c3nc(Cn4cncn4)no3)c12. The molecule has 0 aromatic carbocycles. The summed E-state index contributed by atoms with van der Waals surface area (Å²) in [5.74, 6) is 1.56. The number of hydrogen-bond acceptors (Lipinski definition) is 9. The van der Waals surface area contributed by atoms with Crippen molar-refractivity contribution in [1.82, 2.24) is 35.0 Å². The first-order chi connectivity index (χ1) is 13.7. The van der Waals surface area contributed by atoms with Gasteiger partial charge in [-0.1, -0.05) is 24.2 Å². The lowest BCUT2D eigenvalue weighted by molar-refractivity contribution is 0.419. The highest BCUT2D eigenvalue weighted by atomic mass is 16.5. The molecule has 0 bridgehead atoms. The summed E-state index contributed by atoms with van der Waals surface area (Å²) in [6.45, 7) is 4.42. The molecule has 0 amide bonds. The quantitative estimate of drug-likeness (QED) is 0.454. The van der Waals surface area contributed by atoms with Gasteiger partial charge in [0.15, 0.2) is 11.6 Å². The lowest BCUT2D eigenvalue weighted by atomic mass is 10.0. The average molecular weight is 377 g/mol. The Kier molecular flexibility index (Phi) is 3.75. The molecule has 0 spiro atoms. The number of aromatic nitrogens is 7. The van der Waals surface area contributed by atoms with Gasteiger partial charge in [0.1, 0.15) is 24.9 Å². The van der Waals surface area contributed by atoms with Crippen LogP contribution in [0.1, 0.15) is 31.3 Å². The van der Waals surface area contributed by atoms with Crippen LogP contribution < -0.4 is 0 Å². The third-order valence-electron chi connectivity index (χ3n) is 4.26. The monoisotopic (exact) mass is 377 g/mol. The number of pyridine rings is 1. The Hall–Kier alpha value is -3.82. The molecule has 0 aliphatic rings. The van der Waals surface area contributed by atoms with Crippen LogP contribution in [0.3, 0.4) is 0 Å². The van der Waals surface area contributed by atoms with Crippen molar-refractivity contribution < 1.29 is 13.5 Å². The van der Waals surface area contributed by atoms with Crippen LogP contribution in [0.2, 0.25) is 0 Å². The molecule has 5 rings (SSSR count). The molecule has 0 atom stereocenters. The average Bonchev–Trinajstić information content (AvgIpc) is 3.46. The van der Waals surface area contributed by atoms with Crippen molar-refractivity contribution in [2.24, 2.45) is 0 Å². The van der Waals surface area contributed by atoms with Crippen LogP contribution >= 0.6 is 0 Å². The van der Waals surface area contributed by atoms with Crippen molar-refractivity contribution in [3.63, 3.8) is 0 Å². The van der Waals surface area contributed by atoms with E-state index >= 15 is 0 Å². The fraction of sp³-hybridized carbons (Fsp3) is 0.222. The van der Waals surface area contributed by atoms with Gasteiger partial charge in [0.25, 0.3) is 11.6 Å². The third-order valence-corrected chi connectivity index (χ3v) is 4.26. The molecule has 5 aromatic rings. The first-order valence-corrected chi connectivity index (χ1v) is 8.68. The van der Waals surface area contributed by atoms with E-state index in [-0.39, 0.29) is 5.92 Å². The largest absolute Gasteiger partial charge is 0.463 e. The van der Waals surface area contributed by atoms with Crippen molar-refractivity contribution >= 4 is 11.1 Å². The predicted octanol–water partition coefficient (Wildman–Crippen LogP) is 3.30. The minimum Gasteiger partial charge on any atom is -0.463 e. The maximum atomic E-state index is 5.53. The van der Waals surface area contributed by atoms with Gasteiger partial charge in [-0.25, -0.2) is 14.6 Å². The van der Waals surface area contributed by atoms with Gasteiger partial charge in [-0.05, 0) is 24.1 Å². The van der Waals surface area contributed by atoms with Gasteiger partial charge in [-0.15, -0.1) is 0 Å². The van der Waals surface area contributed by atoms with E-state index in [2.05, 4.69) is 30.4 Å². The molecule has 10 heteroatoms. The minimum absolute atomic E-state index is 0.133. The van der Waals surface area contributed by atoms with Gasteiger partial charge < -0.3 is 13.5 Å². The molecular formula is C18H15N7O3. The van der Waals surface area contributed by atoms with Crippen LogP contribution in [0, 0.1) is 0 Å². The summed E-state index contributed by atoms with van der Waals surface area (Å²) in [5, 5.41) is 13.1. The molecule has 5 heterocycles. The fourth-order valence-corrected chi connectivity index (χ4v) is 2.97. The van der Waals surface area contributed by atoms with E-state index < -0.39 is 0 Å². The Morgan fingerprint density at radius 1 is 1.14 bits per heavy atom. The number of furan rings is 1. The van der Waals surface area contributed by atoms with Gasteiger partial charge in [-0.2, -0.15) is 10.1 Å². The second kappa shape index (κ2) is 6.41. The van der Waals surface area contributed by atoms with Gasteiger partial charge in [-0.3, -0.25) is 0 Å². The summed E-state index contributed by atoms with van der Waals surface area (Å²) in [6.07, 6.45) is 4.63. The van der Waals surface area contributed by atoms with Crippen LogP contribution in [-0.4, -0.2) is 35.0 Å². The zero-order valence-electron chi connectivity index (χ0n) is 15.1. The number of nitrogens with zero attached hydrogens (tertiary/aromatic N) is 7. The van der Waals surface area contributed by atoms with Crippen LogP contribution in [0.15, 0.2) is 50.6 Å². The predicted molar refractivity (Wildman–Crippen MR) is 96.0 cm³/mol. The van der Waals surface area contributed by atoms with E-state index in [1.165, 1.54) is 6.33 Å².